The van der Waals surface area contributed by atoms with Gasteiger partial charge in [0.15, 0.2) is 0 Å². The maximum absolute atomic E-state index is 12.3. The minimum Gasteiger partial charge on any atom is -0.497 e. The monoisotopic (exact) mass is 385 g/mol. The van der Waals surface area contributed by atoms with Crippen LogP contribution in [0, 0.1) is 11.3 Å². The lowest BCUT2D eigenvalue weighted by atomic mass is 10.0. The molecule has 1 N–H and O–H groups in total. The number of rotatable bonds is 6. The molecule has 0 aliphatic rings. The first-order valence-electron chi connectivity index (χ1n) is 8.81. The number of nitrogens with one attached hydrogen (secondary N) is 1. The summed E-state index contributed by atoms with van der Waals surface area (Å²) in [6.07, 6.45) is 3.00. The highest BCUT2D eigenvalue weighted by Crippen LogP contribution is 2.26. The van der Waals surface area contributed by atoms with Crippen molar-refractivity contribution < 1.29 is 14.3 Å². The second-order valence-electron chi connectivity index (χ2n) is 6.04. The molecule has 0 atom stereocenters. The minimum absolute atomic E-state index is 0.0581. The predicted octanol–water partition coefficient (Wildman–Crippen LogP) is 3.91. The molecule has 6 nitrogen and oxygen atoms in total. The molecule has 3 aromatic carbocycles. The molecule has 0 fully saturated rings. The summed E-state index contributed by atoms with van der Waals surface area (Å²) in [5.41, 5.74) is 3.79. The summed E-state index contributed by atoms with van der Waals surface area (Å²) in [6.45, 7) is 0. The zero-order valence-corrected chi connectivity index (χ0v) is 16.0. The van der Waals surface area contributed by atoms with Crippen LogP contribution < -0.4 is 14.9 Å². The zero-order valence-electron chi connectivity index (χ0n) is 16.0. The van der Waals surface area contributed by atoms with Crippen molar-refractivity contribution in [2.75, 3.05) is 14.2 Å². The van der Waals surface area contributed by atoms with E-state index in [9.17, 15) is 10.1 Å². The zero-order chi connectivity index (χ0) is 20.6. The average Bonchev–Trinajstić information content (AvgIpc) is 2.77. The third kappa shape index (κ3) is 4.60. The maximum atomic E-state index is 12.3. The molecule has 1 amide bonds. The SMILES string of the molecule is COc1ccc(/C=C(/C#N)C(=O)N/N=C/c2c(OC)ccc3ccccc23)cc1. The number of amides is 1. The molecule has 29 heavy (non-hydrogen) atoms. The standard InChI is InChI=1S/C23H19N3O3/c1-28-19-10-7-16(8-11-19)13-18(14-24)23(27)26-25-15-21-20-6-4-3-5-17(20)9-12-22(21)29-2/h3-13,15H,1-2H3,(H,26,27)/b18-13-,25-15+. The molecule has 3 aromatic rings. The first-order valence-corrected chi connectivity index (χ1v) is 8.81. The number of methoxy groups -OCH3 is 2. The number of nitriles is 1. The van der Waals surface area contributed by atoms with Gasteiger partial charge < -0.3 is 9.47 Å². The van der Waals surface area contributed by atoms with Gasteiger partial charge in [-0.3, -0.25) is 4.79 Å². The maximum Gasteiger partial charge on any atom is 0.282 e. The Morgan fingerprint density at radius 1 is 1.03 bits per heavy atom. The number of ether oxygens (including phenoxy) is 2. The van der Waals surface area contributed by atoms with Crippen molar-refractivity contribution in [1.29, 1.82) is 5.26 Å². The van der Waals surface area contributed by atoms with Crippen LogP contribution in [0.4, 0.5) is 0 Å². The Morgan fingerprint density at radius 2 is 1.79 bits per heavy atom. The van der Waals surface area contributed by atoms with Gasteiger partial charge in [-0.05, 0) is 40.6 Å². The van der Waals surface area contributed by atoms with Gasteiger partial charge in [-0.2, -0.15) is 10.4 Å². The normalized spacial score (nSPS) is 11.3. The molecular formula is C23H19N3O3. The van der Waals surface area contributed by atoms with Gasteiger partial charge in [-0.25, -0.2) is 5.43 Å². The Balaban J connectivity index is 1.80. The Kier molecular flexibility index (Phi) is 6.23. The third-order valence-electron chi connectivity index (χ3n) is 4.30. The Labute approximate surface area is 168 Å². The summed E-state index contributed by atoms with van der Waals surface area (Å²) in [5, 5.41) is 15.3. The number of fused-ring (bicyclic) bond motifs is 1. The van der Waals surface area contributed by atoms with Gasteiger partial charge >= 0.3 is 0 Å². The van der Waals surface area contributed by atoms with Gasteiger partial charge in [0.2, 0.25) is 0 Å². The molecule has 144 valence electrons. The van der Waals surface area contributed by atoms with Crippen molar-refractivity contribution in [3.63, 3.8) is 0 Å². The summed E-state index contributed by atoms with van der Waals surface area (Å²) in [4.78, 5) is 12.3. The van der Waals surface area contributed by atoms with Crippen LogP contribution in [0.1, 0.15) is 11.1 Å². The van der Waals surface area contributed by atoms with E-state index in [2.05, 4.69) is 10.5 Å². The van der Waals surface area contributed by atoms with E-state index in [4.69, 9.17) is 9.47 Å². The summed E-state index contributed by atoms with van der Waals surface area (Å²) in [6, 6.07) is 20.5. The molecular weight excluding hydrogens is 366 g/mol. The molecule has 0 heterocycles. The topological polar surface area (TPSA) is 83.7 Å². The number of benzene rings is 3. The number of hydrogen-bond donors (Lipinski definition) is 1. The lowest BCUT2D eigenvalue weighted by Gasteiger charge is -2.08. The second kappa shape index (κ2) is 9.20. The van der Waals surface area contributed by atoms with Crippen molar-refractivity contribution in [3.05, 3.63) is 77.4 Å². The Bertz CT molecular complexity index is 1130. The van der Waals surface area contributed by atoms with Crippen LogP contribution in [-0.4, -0.2) is 26.3 Å². The smallest absolute Gasteiger partial charge is 0.282 e. The molecule has 0 unspecified atom stereocenters. The summed E-state index contributed by atoms with van der Waals surface area (Å²) in [5.74, 6) is 0.730. The van der Waals surface area contributed by atoms with Gasteiger partial charge in [0.05, 0.1) is 20.4 Å². The molecule has 0 radical (unpaired) electrons. The van der Waals surface area contributed by atoms with Gasteiger partial charge in [-0.1, -0.05) is 42.5 Å². The Morgan fingerprint density at radius 3 is 2.48 bits per heavy atom. The van der Waals surface area contributed by atoms with Crippen LogP contribution in [0.3, 0.4) is 0 Å². The molecule has 6 heteroatoms. The minimum atomic E-state index is -0.598. The van der Waals surface area contributed by atoms with Gasteiger partial charge in [0.25, 0.3) is 5.91 Å². The van der Waals surface area contributed by atoms with E-state index >= 15 is 0 Å². The van der Waals surface area contributed by atoms with Crippen LogP contribution in [0.15, 0.2) is 71.3 Å². The molecule has 0 aromatic heterocycles. The quantitative estimate of drug-likeness (QED) is 0.302. The van der Waals surface area contributed by atoms with Gasteiger partial charge in [0, 0.05) is 5.56 Å². The van der Waals surface area contributed by atoms with Crippen molar-refractivity contribution in [2.45, 2.75) is 0 Å². The first kappa shape index (κ1) is 19.6. The van der Waals surface area contributed by atoms with Crippen LogP contribution in [-0.2, 0) is 4.79 Å². The number of carbonyl (C=O) groups is 1. The lowest BCUT2D eigenvalue weighted by Crippen LogP contribution is -2.19. The van der Waals surface area contributed by atoms with Crippen molar-refractivity contribution in [2.24, 2.45) is 5.10 Å². The van der Waals surface area contributed by atoms with E-state index in [1.54, 1.807) is 38.5 Å². The van der Waals surface area contributed by atoms with Gasteiger partial charge in [0.1, 0.15) is 23.1 Å². The van der Waals surface area contributed by atoms with E-state index in [-0.39, 0.29) is 5.57 Å². The van der Waals surface area contributed by atoms with Crippen LogP contribution in [0.2, 0.25) is 0 Å². The molecule has 0 saturated carbocycles. The highest BCUT2D eigenvalue weighted by molar-refractivity contribution is 6.04. The second-order valence-corrected chi connectivity index (χ2v) is 6.04. The largest absolute Gasteiger partial charge is 0.497 e. The number of hydrazone groups is 1. The predicted molar refractivity (Wildman–Crippen MR) is 113 cm³/mol. The fourth-order valence-corrected chi connectivity index (χ4v) is 2.82. The van der Waals surface area contributed by atoms with Crippen LogP contribution >= 0.6 is 0 Å². The van der Waals surface area contributed by atoms with Crippen LogP contribution in [0.25, 0.3) is 16.8 Å². The molecule has 0 saturated heterocycles. The van der Waals surface area contributed by atoms with Crippen molar-refractivity contribution >= 4 is 29.0 Å². The summed E-state index contributed by atoms with van der Waals surface area (Å²) >= 11 is 0. The number of nitrogens with zero attached hydrogens (tertiary/aromatic N) is 2. The molecule has 0 spiro atoms. The third-order valence-corrected chi connectivity index (χ3v) is 4.30. The van der Waals surface area contributed by atoms with Gasteiger partial charge in [-0.15, -0.1) is 0 Å². The summed E-state index contributed by atoms with van der Waals surface area (Å²) < 4.78 is 10.5. The van der Waals surface area contributed by atoms with Crippen LogP contribution in [0.5, 0.6) is 11.5 Å². The lowest BCUT2D eigenvalue weighted by molar-refractivity contribution is -0.117. The van der Waals surface area contributed by atoms with Crippen molar-refractivity contribution in [1.82, 2.24) is 5.43 Å². The summed E-state index contributed by atoms with van der Waals surface area (Å²) in [7, 11) is 3.15. The van der Waals surface area contributed by atoms with E-state index in [1.165, 1.54) is 12.3 Å². The molecule has 3 rings (SSSR count). The highest BCUT2D eigenvalue weighted by atomic mass is 16.5. The fourth-order valence-electron chi connectivity index (χ4n) is 2.82. The first-order chi connectivity index (χ1) is 14.2. The van der Waals surface area contributed by atoms with E-state index in [0.717, 1.165) is 16.3 Å². The molecule has 0 aliphatic heterocycles. The molecule has 0 bridgehead atoms. The number of hydrogen-bond acceptors (Lipinski definition) is 5. The molecule has 0 aliphatic carbocycles. The van der Waals surface area contributed by atoms with Crippen molar-refractivity contribution in [3.8, 4) is 17.6 Å². The average molecular weight is 385 g/mol. The van der Waals surface area contributed by atoms with E-state index < -0.39 is 5.91 Å². The number of carbonyl (C=O) groups excluding carboxylic acids is 1. The highest BCUT2D eigenvalue weighted by Gasteiger charge is 2.09. The fraction of sp³-hybridized carbons (Fsp3) is 0.0870. The van der Waals surface area contributed by atoms with E-state index in [1.807, 2.05) is 42.5 Å². The Hall–Kier alpha value is -4.11. The van der Waals surface area contributed by atoms with E-state index in [0.29, 0.717) is 17.1 Å².